The molecule has 0 N–H and O–H groups in total. The van der Waals surface area contributed by atoms with Crippen LogP contribution in [-0.2, 0) is 15.6 Å². The second kappa shape index (κ2) is 5.11. The quantitative estimate of drug-likeness (QED) is 0.795. The van der Waals surface area contributed by atoms with E-state index >= 15 is 0 Å². The monoisotopic (exact) mass is 232 g/mol. The number of carbonyl (C=O) groups excluding carboxylic acids is 1. The number of Topliss-reactive ketones (excluding diaryl/α,β-unsaturated/α-hetero) is 1. The second-order valence-corrected chi connectivity index (χ2v) is 4.52. The predicted molar refractivity (Wildman–Crippen MR) is 53.5 cm³/mol. The zero-order valence-electron chi connectivity index (χ0n) is 8.07. The third-order valence-corrected chi connectivity index (χ3v) is 3.15. The van der Waals surface area contributed by atoms with Crippen molar-refractivity contribution in [2.75, 3.05) is 5.75 Å². The summed E-state index contributed by atoms with van der Waals surface area (Å²) in [6, 6.07) is 6.59. The lowest BCUT2D eigenvalue weighted by atomic mass is 10.2. The van der Waals surface area contributed by atoms with Crippen molar-refractivity contribution in [1.82, 2.24) is 0 Å². The molecular weight excluding hydrogens is 222 g/mol. The van der Waals surface area contributed by atoms with E-state index in [2.05, 4.69) is 0 Å². The molecule has 0 spiro atoms. The minimum Gasteiger partial charge on any atom is -0.292 e. The van der Waals surface area contributed by atoms with Crippen LogP contribution in [0.4, 0.5) is 8.78 Å². The number of rotatable bonds is 4. The molecule has 1 unspecified atom stereocenters. The minimum atomic E-state index is -3.04. The van der Waals surface area contributed by atoms with Crippen molar-refractivity contribution in [3.8, 4) is 0 Å². The summed E-state index contributed by atoms with van der Waals surface area (Å²) in [5, 5.41) is 0. The van der Waals surface area contributed by atoms with Gasteiger partial charge in [-0.3, -0.25) is 9.00 Å². The molecule has 1 aromatic rings. The van der Waals surface area contributed by atoms with Gasteiger partial charge in [-0.25, -0.2) is 8.78 Å². The number of ketones is 1. The fourth-order valence-corrected chi connectivity index (χ4v) is 1.96. The predicted octanol–water partition coefficient (Wildman–Crippen LogP) is 1.94. The van der Waals surface area contributed by atoms with Gasteiger partial charge in [0.25, 0.3) is 6.43 Å². The van der Waals surface area contributed by atoms with Crippen LogP contribution >= 0.6 is 0 Å². The van der Waals surface area contributed by atoms with Gasteiger partial charge in [0, 0.05) is 4.90 Å². The zero-order chi connectivity index (χ0) is 11.4. The third kappa shape index (κ3) is 3.51. The van der Waals surface area contributed by atoms with Crippen LogP contribution in [0.5, 0.6) is 0 Å². The van der Waals surface area contributed by atoms with E-state index in [9.17, 15) is 17.8 Å². The van der Waals surface area contributed by atoms with Crippen molar-refractivity contribution in [2.24, 2.45) is 0 Å². The van der Waals surface area contributed by atoms with Crippen molar-refractivity contribution in [2.45, 2.75) is 18.2 Å². The molecule has 0 amide bonds. The summed E-state index contributed by atoms with van der Waals surface area (Å²) in [6.07, 6.45) is -3.04. The van der Waals surface area contributed by atoms with Gasteiger partial charge in [0.1, 0.15) is 0 Å². The van der Waals surface area contributed by atoms with Gasteiger partial charge in [-0.05, 0) is 19.1 Å². The lowest BCUT2D eigenvalue weighted by Crippen LogP contribution is -2.18. The molecule has 0 saturated heterocycles. The normalized spacial score (nSPS) is 12.8. The van der Waals surface area contributed by atoms with Crippen LogP contribution in [0, 0.1) is 6.92 Å². The number of alkyl halides is 2. The van der Waals surface area contributed by atoms with E-state index in [1.807, 2.05) is 6.92 Å². The Morgan fingerprint density at radius 2 is 1.87 bits per heavy atom. The van der Waals surface area contributed by atoms with Gasteiger partial charge in [-0.1, -0.05) is 17.7 Å². The van der Waals surface area contributed by atoms with E-state index in [1.54, 1.807) is 24.3 Å². The van der Waals surface area contributed by atoms with Crippen LogP contribution in [0.1, 0.15) is 5.56 Å². The third-order valence-electron chi connectivity index (χ3n) is 1.80. The SMILES string of the molecule is Cc1ccc(S(=O)CC(=O)C(F)F)cc1. The molecule has 0 heterocycles. The molecule has 0 bridgehead atoms. The van der Waals surface area contributed by atoms with Gasteiger partial charge in [-0.2, -0.15) is 0 Å². The highest BCUT2D eigenvalue weighted by Gasteiger charge is 2.18. The molecule has 2 nitrogen and oxygen atoms in total. The molecule has 0 aromatic heterocycles. The molecule has 0 fully saturated rings. The van der Waals surface area contributed by atoms with Crippen LogP contribution in [0.3, 0.4) is 0 Å². The van der Waals surface area contributed by atoms with Gasteiger partial charge in [0.15, 0.2) is 0 Å². The first kappa shape index (κ1) is 12.0. The molecule has 0 radical (unpaired) electrons. The van der Waals surface area contributed by atoms with Gasteiger partial charge in [-0.15, -0.1) is 0 Å². The maximum atomic E-state index is 11.9. The molecule has 1 atom stereocenters. The summed E-state index contributed by atoms with van der Waals surface area (Å²) >= 11 is 0. The van der Waals surface area contributed by atoms with E-state index < -0.39 is 28.8 Å². The van der Waals surface area contributed by atoms with Crippen LogP contribution in [-0.4, -0.2) is 22.2 Å². The van der Waals surface area contributed by atoms with Crippen LogP contribution < -0.4 is 0 Å². The topological polar surface area (TPSA) is 34.1 Å². The van der Waals surface area contributed by atoms with Gasteiger partial charge < -0.3 is 0 Å². The average molecular weight is 232 g/mol. The fraction of sp³-hybridized carbons (Fsp3) is 0.300. The smallest absolute Gasteiger partial charge is 0.292 e. The number of aryl methyl sites for hydroxylation is 1. The number of benzene rings is 1. The molecule has 0 aliphatic carbocycles. The number of hydrogen-bond donors (Lipinski definition) is 0. The lowest BCUT2D eigenvalue weighted by Gasteiger charge is -2.01. The molecular formula is C10H10F2O2S. The Hall–Kier alpha value is -1.10. The van der Waals surface area contributed by atoms with Gasteiger partial charge >= 0.3 is 0 Å². The molecule has 1 rings (SSSR count). The molecule has 5 heteroatoms. The van der Waals surface area contributed by atoms with Crippen molar-refractivity contribution in [3.63, 3.8) is 0 Å². The van der Waals surface area contributed by atoms with Crippen molar-refractivity contribution in [1.29, 1.82) is 0 Å². The summed E-state index contributed by atoms with van der Waals surface area (Å²) in [6.45, 7) is 1.86. The molecule has 82 valence electrons. The van der Waals surface area contributed by atoms with E-state index in [1.165, 1.54) is 0 Å². The van der Waals surface area contributed by atoms with Crippen molar-refractivity contribution >= 4 is 16.6 Å². The average Bonchev–Trinajstić information content (AvgIpc) is 2.18. The standard InChI is InChI=1S/C10H10F2O2S/c1-7-2-4-8(5-3-7)15(14)6-9(13)10(11)12/h2-5,10H,6H2,1H3. The molecule has 15 heavy (non-hydrogen) atoms. The summed E-state index contributed by atoms with van der Waals surface area (Å²) < 4.78 is 35.2. The largest absolute Gasteiger partial charge is 0.296 e. The second-order valence-electron chi connectivity index (χ2n) is 3.07. The Balaban J connectivity index is 2.69. The number of carbonyl (C=O) groups is 1. The summed E-state index contributed by atoms with van der Waals surface area (Å²) in [5.74, 6) is -1.91. The number of halogens is 2. The summed E-state index contributed by atoms with van der Waals surface area (Å²) in [5.41, 5.74) is 0.982. The van der Waals surface area contributed by atoms with Gasteiger partial charge in [0.2, 0.25) is 5.78 Å². The molecule has 0 aliphatic rings. The van der Waals surface area contributed by atoms with Crippen molar-refractivity contribution < 1.29 is 17.8 Å². The summed E-state index contributed by atoms with van der Waals surface area (Å²) in [4.78, 5) is 11.0. The maximum Gasteiger partial charge on any atom is 0.296 e. The van der Waals surface area contributed by atoms with Crippen molar-refractivity contribution in [3.05, 3.63) is 29.8 Å². The number of hydrogen-bond acceptors (Lipinski definition) is 2. The fourth-order valence-electron chi connectivity index (χ4n) is 0.966. The Labute approximate surface area is 88.8 Å². The first-order valence-corrected chi connectivity index (χ1v) is 5.58. The molecule has 0 saturated carbocycles. The van der Waals surface area contributed by atoms with Crippen LogP contribution in [0.25, 0.3) is 0 Å². The highest BCUT2D eigenvalue weighted by Crippen LogP contribution is 2.09. The zero-order valence-corrected chi connectivity index (χ0v) is 8.89. The molecule has 0 aliphatic heterocycles. The minimum absolute atomic E-state index is 0.398. The highest BCUT2D eigenvalue weighted by molar-refractivity contribution is 7.85. The first-order valence-electron chi connectivity index (χ1n) is 4.26. The molecule has 1 aromatic carbocycles. The Morgan fingerprint density at radius 1 is 1.33 bits per heavy atom. The van der Waals surface area contributed by atoms with Crippen LogP contribution in [0.15, 0.2) is 29.2 Å². The van der Waals surface area contributed by atoms with Gasteiger partial charge in [0.05, 0.1) is 16.6 Å². The van der Waals surface area contributed by atoms with E-state index in [4.69, 9.17) is 0 Å². The van der Waals surface area contributed by atoms with E-state index in [-0.39, 0.29) is 0 Å². The Bertz CT molecular complexity index is 374. The first-order chi connectivity index (χ1) is 7.00. The van der Waals surface area contributed by atoms with Crippen LogP contribution in [0.2, 0.25) is 0 Å². The van der Waals surface area contributed by atoms with E-state index in [0.29, 0.717) is 4.90 Å². The Morgan fingerprint density at radius 3 is 2.33 bits per heavy atom. The summed E-state index contributed by atoms with van der Waals surface area (Å²) in [7, 11) is -1.67. The highest BCUT2D eigenvalue weighted by atomic mass is 32.2. The Kier molecular flexibility index (Phi) is 4.08. The lowest BCUT2D eigenvalue weighted by molar-refractivity contribution is -0.126. The maximum absolute atomic E-state index is 11.9. The van der Waals surface area contributed by atoms with E-state index in [0.717, 1.165) is 5.56 Å².